The van der Waals surface area contributed by atoms with Crippen LogP contribution in [0, 0.1) is 0 Å². The molecule has 2 aromatic carbocycles. The third-order valence-electron chi connectivity index (χ3n) is 5.27. The van der Waals surface area contributed by atoms with Gasteiger partial charge in [-0.25, -0.2) is 0 Å². The van der Waals surface area contributed by atoms with Crippen molar-refractivity contribution in [3.8, 4) is 5.75 Å². The first-order valence-corrected chi connectivity index (χ1v) is 10.4. The largest absolute Gasteiger partial charge is 0.484 e. The minimum absolute atomic E-state index is 0.00822. The fraction of sp³-hybridized carbons (Fsp3) is 0.333. The molecule has 0 spiro atoms. The summed E-state index contributed by atoms with van der Waals surface area (Å²) in [7, 11) is 1.47. The fourth-order valence-electron chi connectivity index (χ4n) is 3.82. The average Bonchev–Trinajstić information content (AvgIpc) is 3.15. The molecule has 0 unspecified atom stereocenters. The third-order valence-corrected chi connectivity index (χ3v) is 5.27. The number of hydrogen-bond acceptors (Lipinski definition) is 5. The van der Waals surface area contributed by atoms with Crippen LogP contribution in [-0.4, -0.2) is 32.1 Å². The summed E-state index contributed by atoms with van der Waals surface area (Å²) < 4.78 is 16.4. The van der Waals surface area contributed by atoms with Crippen molar-refractivity contribution < 1.29 is 23.5 Å². The maximum absolute atomic E-state index is 12.2. The standard InChI is InChI=1S/C24H26N2O5/c1-29-14-24(28)26-17-6-4-5-16(11-17)13-25-23(27)15-30-18-9-10-22-20(12-18)19-7-2-3-8-21(19)31-22/h4-6,9-12H,2-3,7-8,13-15H2,1H3,(H,25,27)(H,26,28). The lowest BCUT2D eigenvalue weighted by Crippen LogP contribution is -2.28. The summed E-state index contributed by atoms with van der Waals surface area (Å²) in [5.41, 5.74) is 3.67. The molecule has 0 aliphatic heterocycles. The second-order valence-corrected chi connectivity index (χ2v) is 7.62. The number of furan rings is 1. The molecule has 162 valence electrons. The molecule has 0 saturated carbocycles. The van der Waals surface area contributed by atoms with Crippen LogP contribution in [-0.2, 0) is 33.7 Å². The van der Waals surface area contributed by atoms with E-state index in [0.29, 0.717) is 18.0 Å². The SMILES string of the molecule is COCC(=O)Nc1cccc(CNC(=O)COc2ccc3oc4c(c3c2)CCCC4)c1. The number of ether oxygens (including phenoxy) is 2. The molecule has 2 N–H and O–H groups in total. The van der Waals surface area contributed by atoms with Gasteiger partial charge in [-0.3, -0.25) is 9.59 Å². The minimum atomic E-state index is -0.229. The summed E-state index contributed by atoms with van der Waals surface area (Å²) in [6.45, 7) is 0.256. The van der Waals surface area contributed by atoms with Gasteiger partial charge in [0.15, 0.2) is 6.61 Å². The van der Waals surface area contributed by atoms with Crippen LogP contribution >= 0.6 is 0 Å². The van der Waals surface area contributed by atoms with E-state index in [1.807, 2.05) is 36.4 Å². The van der Waals surface area contributed by atoms with E-state index in [4.69, 9.17) is 13.9 Å². The number of aryl methyl sites for hydroxylation is 2. The van der Waals surface area contributed by atoms with Crippen LogP contribution in [0.5, 0.6) is 5.75 Å². The first-order chi connectivity index (χ1) is 15.1. The Hall–Kier alpha value is -3.32. The van der Waals surface area contributed by atoms with Crippen LogP contribution < -0.4 is 15.4 Å². The highest BCUT2D eigenvalue weighted by molar-refractivity contribution is 5.91. The zero-order valence-electron chi connectivity index (χ0n) is 17.5. The molecule has 0 saturated heterocycles. The van der Waals surface area contributed by atoms with Gasteiger partial charge in [0.2, 0.25) is 5.91 Å². The van der Waals surface area contributed by atoms with Crippen LogP contribution in [0.2, 0.25) is 0 Å². The van der Waals surface area contributed by atoms with E-state index in [1.165, 1.54) is 25.5 Å². The number of carbonyl (C=O) groups excluding carboxylic acids is 2. The van der Waals surface area contributed by atoms with E-state index in [1.54, 1.807) is 6.07 Å². The van der Waals surface area contributed by atoms with Crippen molar-refractivity contribution in [2.24, 2.45) is 0 Å². The van der Waals surface area contributed by atoms with Gasteiger partial charge in [-0.05, 0) is 55.2 Å². The fourth-order valence-corrected chi connectivity index (χ4v) is 3.82. The maximum Gasteiger partial charge on any atom is 0.258 e. The summed E-state index contributed by atoms with van der Waals surface area (Å²) >= 11 is 0. The highest BCUT2D eigenvalue weighted by Gasteiger charge is 2.18. The van der Waals surface area contributed by atoms with Crippen molar-refractivity contribution >= 4 is 28.5 Å². The molecule has 1 aliphatic rings. The lowest BCUT2D eigenvalue weighted by atomic mass is 9.96. The first kappa shape index (κ1) is 20.9. The number of hydrogen-bond donors (Lipinski definition) is 2. The van der Waals surface area contributed by atoms with Crippen molar-refractivity contribution in [2.45, 2.75) is 32.2 Å². The van der Waals surface area contributed by atoms with Crippen LogP contribution in [0.25, 0.3) is 11.0 Å². The van der Waals surface area contributed by atoms with Crippen LogP contribution in [0.15, 0.2) is 46.9 Å². The Morgan fingerprint density at radius 1 is 1.03 bits per heavy atom. The molecule has 1 aromatic heterocycles. The molecule has 7 heteroatoms. The van der Waals surface area contributed by atoms with E-state index in [2.05, 4.69) is 10.6 Å². The lowest BCUT2D eigenvalue weighted by Gasteiger charge is -2.10. The minimum Gasteiger partial charge on any atom is -0.484 e. The number of carbonyl (C=O) groups is 2. The van der Waals surface area contributed by atoms with Gasteiger partial charge in [-0.1, -0.05) is 12.1 Å². The molecule has 1 aliphatic carbocycles. The molecule has 0 radical (unpaired) electrons. The first-order valence-electron chi connectivity index (χ1n) is 10.4. The molecular formula is C24H26N2O5. The van der Waals surface area contributed by atoms with Gasteiger partial charge in [0.1, 0.15) is 23.7 Å². The van der Waals surface area contributed by atoms with Crippen LogP contribution in [0.4, 0.5) is 5.69 Å². The summed E-state index contributed by atoms with van der Waals surface area (Å²) in [6, 6.07) is 13.0. The Morgan fingerprint density at radius 2 is 1.90 bits per heavy atom. The quantitative estimate of drug-likeness (QED) is 0.579. The van der Waals surface area contributed by atoms with E-state index in [0.717, 1.165) is 35.1 Å². The number of methoxy groups -OCH3 is 1. The van der Waals surface area contributed by atoms with Crippen molar-refractivity contribution in [3.05, 3.63) is 59.4 Å². The zero-order valence-corrected chi connectivity index (χ0v) is 17.5. The van der Waals surface area contributed by atoms with Gasteiger partial charge < -0.3 is 24.5 Å². The van der Waals surface area contributed by atoms with E-state index in [-0.39, 0.29) is 25.0 Å². The van der Waals surface area contributed by atoms with Crippen LogP contribution in [0.1, 0.15) is 29.7 Å². The second-order valence-electron chi connectivity index (χ2n) is 7.62. The summed E-state index contributed by atoms with van der Waals surface area (Å²) in [6.07, 6.45) is 4.35. The molecular weight excluding hydrogens is 396 g/mol. The number of benzene rings is 2. The Kier molecular flexibility index (Phi) is 6.52. The van der Waals surface area contributed by atoms with Crippen molar-refractivity contribution in [1.29, 1.82) is 0 Å². The number of nitrogens with one attached hydrogen (secondary N) is 2. The molecule has 31 heavy (non-hydrogen) atoms. The van der Waals surface area contributed by atoms with Gasteiger partial charge in [-0.15, -0.1) is 0 Å². The number of fused-ring (bicyclic) bond motifs is 3. The average molecular weight is 422 g/mol. The molecule has 0 bridgehead atoms. The lowest BCUT2D eigenvalue weighted by molar-refractivity contribution is -0.123. The Labute approximate surface area is 180 Å². The third kappa shape index (κ3) is 5.24. The molecule has 2 amide bonds. The summed E-state index contributed by atoms with van der Waals surface area (Å²) in [5.74, 6) is 1.28. The zero-order chi connectivity index (χ0) is 21.6. The van der Waals surface area contributed by atoms with E-state index >= 15 is 0 Å². The molecule has 0 fully saturated rings. The van der Waals surface area contributed by atoms with Crippen molar-refractivity contribution in [1.82, 2.24) is 5.32 Å². The molecule has 4 rings (SSSR count). The molecule has 0 atom stereocenters. The van der Waals surface area contributed by atoms with Crippen molar-refractivity contribution in [2.75, 3.05) is 25.6 Å². The predicted octanol–water partition coefficient (Wildman–Crippen LogP) is 3.59. The summed E-state index contributed by atoms with van der Waals surface area (Å²) in [5, 5.41) is 6.66. The normalized spacial score (nSPS) is 12.9. The number of rotatable bonds is 8. The molecule has 1 heterocycles. The van der Waals surface area contributed by atoms with Crippen molar-refractivity contribution in [3.63, 3.8) is 0 Å². The highest BCUT2D eigenvalue weighted by Crippen LogP contribution is 2.33. The van der Waals surface area contributed by atoms with E-state index in [9.17, 15) is 9.59 Å². The maximum atomic E-state index is 12.2. The van der Waals surface area contributed by atoms with E-state index < -0.39 is 0 Å². The molecule has 7 nitrogen and oxygen atoms in total. The second kappa shape index (κ2) is 9.66. The smallest absolute Gasteiger partial charge is 0.258 e. The summed E-state index contributed by atoms with van der Waals surface area (Å²) in [4.78, 5) is 23.9. The van der Waals surface area contributed by atoms with Gasteiger partial charge >= 0.3 is 0 Å². The Balaban J connectivity index is 1.30. The van der Waals surface area contributed by atoms with Crippen LogP contribution in [0.3, 0.4) is 0 Å². The number of anilines is 1. The Morgan fingerprint density at radius 3 is 2.77 bits per heavy atom. The van der Waals surface area contributed by atoms with Gasteiger partial charge in [0, 0.05) is 36.7 Å². The van der Waals surface area contributed by atoms with Gasteiger partial charge in [-0.2, -0.15) is 0 Å². The highest BCUT2D eigenvalue weighted by atomic mass is 16.5. The molecule has 3 aromatic rings. The van der Waals surface area contributed by atoms with Gasteiger partial charge in [0.25, 0.3) is 5.91 Å². The number of amides is 2. The topological polar surface area (TPSA) is 89.8 Å². The predicted molar refractivity (Wildman–Crippen MR) is 117 cm³/mol. The van der Waals surface area contributed by atoms with Gasteiger partial charge in [0.05, 0.1) is 0 Å². The Bertz CT molecular complexity index is 1090. The monoisotopic (exact) mass is 422 g/mol.